The van der Waals surface area contributed by atoms with E-state index in [9.17, 15) is 0 Å². The summed E-state index contributed by atoms with van der Waals surface area (Å²) >= 11 is 6.02. The SMILES string of the molecule is OCc1[nH]ncc1-c1ccccc1Cl. The fraction of sp³-hybridized carbons (Fsp3) is 0.100. The number of aliphatic hydroxyl groups is 1. The van der Waals surface area contributed by atoms with Crippen molar-refractivity contribution in [3.63, 3.8) is 0 Å². The summed E-state index contributed by atoms with van der Waals surface area (Å²) in [5.41, 5.74) is 2.41. The number of nitrogens with one attached hydrogen (secondary N) is 1. The zero-order valence-corrected chi connectivity index (χ0v) is 8.12. The molecule has 2 N–H and O–H groups in total. The van der Waals surface area contributed by atoms with Crippen molar-refractivity contribution in [1.29, 1.82) is 0 Å². The molecular weight excluding hydrogens is 200 g/mol. The number of hydrogen-bond acceptors (Lipinski definition) is 2. The lowest BCUT2D eigenvalue weighted by Crippen LogP contribution is -1.87. The topological polar surface area (TPSA) is 48.9 Å². The average molecular weight is 209 g/mol. The van der Waals surface area contributed by atoms with Gasteiger partial charge in [0.2, 0.25) is 0 Å². The number of rotatable bonds is 2. The maximum atomic E-state index is 9.05. The van der Waals surface area contributed by atoms with Gasteiger partial charge >= 0.3 is 0 Å². The first-order valence-electron chi connectivity index (χ1n) is 4.21. The Balaban J connectivity index is 2.54. The normalized spacial score (nSPS) is 10.4. The van der Waals surface area contributed by atoms with Gasteiger partial charge in [-0.3, -0.25) is 5.10 Å². The molecule has 0 radical (unpaired) electrons. The van der Waals surface area contributed by atoms with Crippen LogP contribution in [0.15, 0.2) is 30.5 Å². The highest BCUT2D eigenvalue weighted by molar-refractivity contribution is 6.33. The van der Waals surface area contributed by atoms with Crippen LogP contribution in [0.5, 0.6) is 0 Å². The molecule has 0 aliphatic carbocycles. The Morgan fingerprint density at radius 3 is 2.79 bits per heavy atom. The summed E-state index contributed by atoms with van der Waals surface area (Å²) in [5.74, 6) is 0. The number of aromatic nitrogens is 2. The molecule has 0 amide bonds. The zero-order valence-electron chi connectivity index (χ0n) is 7.37. The van der Waals surface area contributed by atoms with Crippen LogP contribution in [0.2, 0.25) is 5.02 Å². The number of hydrogen-bond donors (Lipinski definition) is 2. The van der Waals surface area contributed by atoms with Crippen molar-refractivity contribution in [1.82, 2.24) is 10.2 Å². The molecular formula is C10H9ClN2O. The molecule has 1 aromatic carbocycles. The van der Waals surface area contributed by atoms with Gasteiger partial charge in [-0.1, -0.05) is 29.8 Å². The van der Waals surface area contributed by atoms with E-state index in [2.05, 4.69) is 10.2 Å². The molecule has 2 rings (SSSR count). The van der Waals surface area contributed by atoms with Gasteiger partial charge in [-0.15, -0.1) is 0 Å². The van der Waals surface area contributed by atoms with E-state index < -0.39 is 0 Å². The van der Waals surface area contributed by atoms with Crippen molar-refractivity contribution >= 4 is 11.6 Å². The lowest BCUT2D eigenvalue weighted by Gasteiger charge is -2.02. The van der Waals surface area contributed by atoms with Crippen LogP contribution in [0, 0.1) is 0 Å². The molecule has 0 atom stereocenters. The van der Waals surface area contributed by atoms with Crippen LogP contribution < -0.4 is 0 Å². The predicted molar refractivity (Wildman–Crippen MR) is 55.0 cm³/mol. The van der Waals surface area contributed by atoms with Crippen LogP contribution in [0.1, 0.15) is 5.69 Å². The Morgan fingerprint density at radius 1 is 1.29 bits per heavy atom. The maximum absolute atomic E-state index is 9.05. The highest BCUT2D eigenvalue weighted by Gasteiger charge is 2.08. The van der Waals surface area contributed by atoms with E-state index in [0.29, 0.717) is 10.7 Å². The van der Waals surface area contributed by atoms with Crippen molar-refractivity contribution in [2.45, 2.75) is 6.61 Å². The third-order valence-electron chi connectivity index (χ3n) is 2.04. The molecule has 0 spiro atoms. The molecule has 0 saturated heterocycles. The Bertz CT molecular complexity index is 439. The number of halogens is 1. The molecule has 2 aromatic rings. The summed E-state index contributed by atoms with van der Waals surface area (Å²) < 4.78 is 0. The molecule has 0 unspecified atom stereocenters. The fourth-order valence-electron chi connectivity index (χ4n) is 1.35. The summed E-state index contributed by atoms with van der Waals surface area (Å²) in [6.45, 7) is -0.0689. The highest BCUT2D eigenvalue weighted by Crippen LogP contribution is 2.28. The standard InChI is InChI=1S/C10H9ClN2O/c11-9-4-2-1-3-7(9)8-5-12-13-10(8)6-14/h1-5,14H,6H2,(H,12,13). The molecule has 0 saturated carbocycles. The van der Waals surface area contributed by atoms with Gasteiger partial charge in [0, 0.05) is 16.1 Å². The van der Waals surface area contributed by atoms with Crippen LogP contribution in [-0.4, -0.2) is 15.3 Å². The van der Waals surface area contributed by atoms with E-state index in [1.807, 2.05) is 24.3 Å². The Morgan fingerprint density at radius 2 is 2.07 bits per heavy atom. The van der Waals surface area contributed by atoms with Crippen LogP contribution in [0.4, 0.5) is 0 Å². The van der Waals surface area contributed by atoms with Gasteiger partial charge in [0.15, 0.2) is 0 Å². The molecule has 4 heteroatoms. The molecule has 1 aromatic heterocycles. The molecule has 0 fully saturated rings. The molecule has 3 nitrogen and oxygen atoms in total. The minimum absolute atomic E-state index is 0.0689. The second kappa shape index (κ2) is 3.82. The van der Waals surface area contributed by atoms with E-state index >= 15 is 0 Å². The van der Waals surface area contributed by atoms with Crippen LogP contribution >= 0.6 is 11.6 Å². The van der Waals surface area contributed by atoms with E-state index in [0.717, 1.165) is 11.1 Å². The van der Waals surface area contributed by atoms with E-state index in [1.54, 1.807) is 6.20 Å². The van der Waals surface area contributed by atoms with E-state index in [-0.39, 0.29) is 6.61 Å². The number of H-pyrrole nitrogens is 1. The van der Waals surface area contributed by atoms with Crippen molar-refractivity contribution in [3.05, 3.63) is 41.2 Å². The van der Waals surface area contributed by atoms with Crippen molar-refractivity contribution < 1.29 is 5.11 Å². The van der Waals surface area contributed by atoms with Gasteiger partial charge in [-0.25, -0.2) is 0 Å². The van der Waals surface area contributed by atoms with Crippen molar-refractivity contribution in [3.8, 4) is 11.1 Å². The third kappa shape index (κ3) is 1.52. The zero-order chi connectivity index (χ0) is 9.97. The van der Waals surface area contributed by atoms with E-state index in [1.165, 1.54) is 0 Å². The van der Waals surface area contributed by atoms with Crippen molar-refractivity contribution in [2.75, 3.05) is 0 Å². The van der Waals surface area contributed by atoms with Gasteiger partial charge in [-0.2, -0.15) is 5.10 Å². The average Bonchev–Trinajstić information content (AvgIpc) is 2.66. The quantitative estimate of drug-likeness (QED) is 0.795. The molecule has 14 heavy (non-hydrogen) atoms. The number of aromatic amines is 1. The fourth-order valence-corrected chi connectivity index (χ4v) is 1.58. The van der Waals surface area contributed by atoms with Gasteiger partial charge < -0.3 is 5.11 Å². The van der Waals surface area contributed by atoms with Gasteiger partial charge in [-0.05, 0) is 6.07 Å². The van der Waals surface area contributed by atoms with Gasteiger partial charge in [0.05, 0.1) is 18.5 Å². The van der Waals surface area contributed by atoms with Crippen molar-refractivity contribution in [2.24, 2.45) is 0 Å². The van der Waals surface area contributed by atoms with Crippen LogP contribution in [0.3, 0.4) is 0 Å². The van der Waals surface area contributed by atoms with Gasteiger partial charge in [0.1, 0.15) is 0 Å². The minimum atomic E-state index is -0.0689. The second-order valence-corrected chi connectivity index (χ2v) is 3.31. The summed E-state index contributed by atoms with van der Waals surface area (Å²) in [5, 5.41) is 16.3. The first-order chi connectivity index (χ1) is 6.83. The summed E-state index contributed by atoms with van der Waals surface area (Å²) in [6, 6.07) is 7.47. The number of benzene rings is 1. The van der Waals surface area contributed by atoms with Crippen LogP contribution in [0.25, 0.3) is 11.1 Å². The first-order valence-corrected chi connectivity index (χ1v) is 4.58. The molecule has 0 bridgehead atoms. The third-order valence-corrected chi connectivity index (χ3v) is 2.37. The Labute approximate surface area is 86.3 Å². The molecule has 72 valence electrons. The Kier molecular flexibility index (Phi) is 2.52. The molecule has 0 aliphatic heterocycles. The summed E-state index contributed by atoms with van der Waals surface area (Å²) in [4.78, 5) is 0. The highest BCUT2D eigenvalue weighted by atomic mass is 35.5. The second-order valence-electron chi connectivity index (χ2n) is 2.90. The number of aliphatic hydroxyl groups excluding tert-OH is 1. The molecule has 0 aliphatic rings. The minimum Gasteiger partial charge on any atom is -0.390 e. The monoisotopic (exact) mass is 208 g/mol. The summed E-state index contributed by atoms with van der Waals surface area (Å²) in [7, 11) is 0. The first kappa shape index (κ1) is 9.24. The number of nitrogens with zero attached hydrogens (tertiary/aromatic N) is 1. The lowest BCUT2D eigenvalue weighted by molar-refractivity contribution is 0.277. The Hall–Kier alpha value is -1.32. The lowest BCUT2D eigenvalue weighted by atomic mass is 10.1. The largest absolute Gasteiger partial charge is 0.390 e. The van der Waals surface area contributed by atoms with E-state index in [4.69, 9.17) is 16.7 Å². The maximum Gasteiger partial charge on any atom is 0.0853 e. The predicted octanol–water partition coefficient (Wildman–Crippen LogP) is 2.22. The summed E-state index contributed by atoms with van der Waals surface area (Å²) in [6.07, 6.45) is 1.66. The van der Waals surface area contributed by atoms with Crippen LogP contribution in [-0.2, 0) is 6.61 Å². The molecule has 1 heterocycles. The van der Waals surface area contributed by atoms with Gasteiger partial charge in [0.25, 0.3) is 0 Å². The smallest absolute Gasteiger partial charge is 0.0853 e.